The fourth-order valence-corrected chi connectivity index (χ4v) is 1.99. The summed E-state index contributed by atoms with van der Waals surface area (Å²) in [6.45, 7) is 1.39. The molecular weight excluding hydrogens is 235 g/mol. The summed E-state index contributed by atoms with van der Waals surface area (Å²) < 4.78 is 17.9. The molecule has 0 aromatic heterocycles. The Morgan fingerprint density at radius 3 is 2.83 bits per heavy atom. The van der Waals surface area contributed by atoms with Crippen molar-refractivity contribution in [2.75, 3.05) is 13.1 Å². The van der Waals surface area contributed by atoms with Crippen molar-refractivity contribution < 1.29 is 13.9 Å². The molecule has 1 atom stereocenters. The van der Waals surface area contributed by atoms with Gasteiger partial charge in [0.2, 0.25) is 0 Å². The average molecular weight is 252 g/mol. The second kappa shape index (κ2) is 5.82. The summed E-state index contributed by atoms with van der Waals surface area (Å²) in [5, 5.41) is 0. The molecule has 0 radical (unpaired) electrons. The minimum absolute atomic E-state index is 0.0390. The summed E-state index contributed by atoms with van der Waals surface area (Å²) in [6, 6.07) is 5.94. The van der Waals surface area contributed by atoms with Crippen LogP contribution in [0.1, 0.15) is 18.4 Å². The van der Waals surface area contributed by atoms with Gasteiger partial charge in [-0.05, 0) is 30.5 Å². The van der Waals surface area contributed by atoms with Crippen LogP contribution in [-0.2, 0) is 11.3 Å². The molecule has 5 heteroatoms. The van der Waals surface area contributed by atoms with Gasteiger partial charge in [-0.2, -0.15) is 0 Å². The largest absolute Gasteiger partial charge is 0.445 e. The zero-order chi connectivity index (χ0) is 13.0. The molecule has 0 spiro atoms. The predicted octanol–water partition coefficient (Wildman–Crippen LogP) is 1.89. The molecule has 0 aliphatic carbocycles. The highest BCUT2D eigenvalue weighted by molar-refractivity contribution is 5.67. The van der Waals surface area contributed by atoms with E-state index in [9.17, 15) is 9.18 Å². The molecule has 1 aromatic rings. The number of carbonyl (C=O) groups excluding carboxylic acids is 1. The lowest BCUT2D eigenvalue weighted by molar-refractivity contribution is 0.0862. The number of nitrogens with zero attached hydrogens (tertiary/aromatic N) is 1. The lowest BCUT2D eigenvalue weighted by Crippen LogP contribution is -2.45. The zero-order valence-electron chi connectivity index (χ0n) is 10.1. The number of hydrogen-bond acceptors (Lipinski definition) is 3. The third-order valence-corrected chi connectivity index (χ3v) is 2.99. The van der Waals surface area contributed by atoms with Gasteiger partial charge in [0.15, 0.2) is 0 Å². The van der Waals surface area contributed by atoms with Crippen LogP contribution in [0.2, 0.25) is 0 Å². The molecule has 1 heterocycles. The van der Waals surface area contributed by atoms with Gasteiger partial charge in [0.05, 0.1) is 0 Å². The molecule has 0 bridgehead atoms. The van der Waals surface area contributed by atoms with Crippen LogP contribution in [0.25, 0.3) is 0 Å². The monoisotopic (exact) mass is 252 g/mol. The Morgan fingerprint density at radius 2 is 2.17 bits per heavy atom. The molecule has 0 saturated carbocycles. The Kier molecular flexibility index (Phi) is 4.15. The van der Waals surface area contributed by atoms with Crippen LogP contribution in [0.3, 0.4) is 0 Å². The topological polar surface area (TPSA) is 55.6 Å². The number of carbonyl (C=O) groups is 1. The summed E-state index contributed by atoms with van der Waals surface area (Å²) in [7, 11) is 0. The molecule has 4 nitrogen and oxygen atoms in total. The van der Waals surface area contributed by atoms with Crippen molar-refractivity contribution in [1.82, 2.24) is 4.90 Å². The lowest BCUT2D eigenvalue weighted by atomic mass is 10.1. The zero-order valence-corrected chi connectivity index (χ0v) is 10.1. The fraction of sp³-hybridized carbons (Fsp3) is 0.462. The van der Waals surface area contributed by atoms with E-state index in [1.165, 1.54) is 12.1 Å². The van der Waals surface area contributed by atoms with Crippen LogP contribution in [0.15, 0.2) is 24.3 Å². The van der Waals surface area contributed by atoms with E-state index in [1.54, 1.807) is 17.0 Å². The van der Waals surface area contributed by atoms with Gasteiger partial charge in [0.25, 0.3) is 0 Å². The van der Waals surface area contributed by atoms with Gasteiger partial charge in [0.1, 0.15) is 12.4 Å². The Hall–Kier alpha value is -1.62. The van der Waals surface area contributed by atoms with Crippen molar-refractivity contribution in [3.05, 3.63) is 35.6 Å². The van der Waals surface area contributed by atoms with Gasteiger partial charge >= 0.3 is 6.09 Å². The standard InChI is InChI=1S/C13H17FN2O2/c14-11-5-3-10(4-6-11)9-18-13(17)16-7-1-2-12(15)8-16/h3-6,12H,1-2,7-9,15H2. The van der Waals surface area contributed by atoms with Crippen molar-refractivity contribution in [2.45, 2.75) is 25.5 Å². The molecule has 2 N–H and O–H groups in total. The Bertz CT molecular complexity index is 408. The molecule has 1 amide bonds. The first-order valence-corrected chi connectivity index (χ1v) is 6.07. The van der Waals surface area contributed by atoms with E-state index in [1.807, 2.05) is 0 Å². The summed E-state index contributed by atoms with van der Waals surface area (Å²) in [4.78, 5) is 13.4. The van der Waals surface area contributed by atoms with Gasteiger partial charge in [0, 0.05) is 19.1 Å². The minimum Gasteiger partial charge on any atom is -0.445 e. The SMILES string of the molecule is NC1CCCN(C(=O)OCc2ccc(F)cc2)C1. The highest BCUT2D eigenvalue weighted by Crippen LogP contribution is 2.11. The number of benzene rings is 1. The number of rotatable bonds is 2. The summed E-state index contributed by atoms with van der Waals surface area (Å²) in [6.07, 6.45) is 1.50. The molecule has 1 aliphatic rings. The first-order chi connectivity index (χ1) is 8.65. The number of amides is 1. The third-order valence-electron chi connectivity index (χ3n) is 2.99. The quantitative estimate of drug-likeness (QED) is 0.874. The molecule has 1 aromatic carbocycles. The van der Waals surface area contributed by atoms with Gasteiger partial charge in [-0.15, -0.1) is 0 Å². The lowest BCUT2D eigenvalue weighted by Gasteiger charge is -2.29. The van der Waals surface area contributed by atoms with Crippen LogP contribution in [0, 0.1) is 5.82 Å². The molecule has 2 rings (SSSR count). The third kappa shape index (κ3) is 3.43. The van der Waals surface area contributed by atoms with Crippen molar-refractivity contribution in [3.8, 4) is 0 Å². The van der Waals surface area contributed by atoms with E-state index in [0.29, 0.717) is 13.1 Å². The predicted molar refractivity (Wildman–Crippen MR) is 65.4 cm³/mol. The maximum atomic E-state index is 12.7. The second-order valence-electron chi connectivity index (χ2n) is 4.53. The number of ether oxygens (including phenoxy) is 1. The van der Waals surface area contributed by atoms with E-state index in [4.69, 9.17) is 10.5 Å². The number of likely N-dealkylation sites (tertiary alicyclic amines) is 1. The maximum absolute atomic E-state index is 12.7. The number of piperidine rings is 1. The molecule has 1 fully saturated rings. The highest BCUT2D eigenvalue weighted by atomic mass is 19.1. The molecule has 1 unspecified atom stereocenters. The Balaban J connectivity index is 1.82. The molecular formula is C13H17FN2O2. The van der Waals surface area contributed by atoms with Crippen LogP contribution in [0.4, 0.5) is 9.18 Å². The molecule has 1 saturated heterocycles. The second-order valence-corrected chi connectivity index (χ2v) is 4.53. The van der Waals surface area contributed by atoms with E-state index < -0.39 is 0 Å². The van der Waals surface area contributed by atoms with Crippen LogP contribution < -0.4 is 5.73 Å². The van der Waals surface area contributed by atoms with Crippen molar-refractivity contribution >= 4 is 6.09 Å². The summed E-state index contributed by atoms with van der Waals surface area (Å²) >= 11 is 0. The van der Waals surface area contributed by atoms with Crippen LogP contribution in [0.5, 0.6) is 0 Å². The Labute approximate surface area is 106 Å². The molecule has 1 aliphatic heterocycles. The van der Waals surface area contributed by atoms with E-state index in [2.05, 4.69) is 0 Å². The van der Waals surface area contributed by atoms with E-state index >= 15 is 0 Å². The summed E-state index contributed by atoms with van der Waals surface area (Å²) in [5.41, 5.74) is 6.57. The molecule has 18 heavy (non-hydrogen) atoms. The van der Waals surface area contributed by atoms with Crippen LogP contribution in [-0.4, -0.2) is 30.1 Å². The first-order valence-electron chi connectivity index (χ1n) is 6.07. The van der Waals surface area contributed by atoms with Gasteiger partial charge in [-0.1, -0.05) is 12.1 Å². The van der Waals surface area contributed by atoms with Gasteiger partial charge < -0.3 is 15.4 Å². The number of halogens is 1. The van der Waals surface area contributed by atoms with Crippen molar-refractivity contribution in [1.29, 1.82) is 0 Å². The van der Waals surface area contributed by atoms with Crippen LogP contribution >= 0.6 is 0 Å². The van der Waals surface area contributed by atoms with E-state index in [-0.39, 0.29) is 24.6 Å². The van der Waals surface area contributed by atoms with Crippen molar-refractivity contribution in [2.24, 2.45) is 5.73 Å². The summed E-state index contributed by atoms with van der Waals surface area (Å²) in [5.74, 6) is -0.299. The van der Waals surface area contributed by atoms with Gasteiger partial charge in [-0.25, -0.2) is 9.18 Å². The fourth-order valence-electron chi connectivity index (χ4n) is 1.99. The first kappa shape index (κ1) is 12.8. The average Bonchev–Trinajstić information content (AvgIpc) is 2.38. The minimum atomic E-state index is -0.352. The smallest absolute Gasteiger partial charge is 0.410 e. The Morgan fingerprint density at radius 1 is 1.44 bits per heavy atom. The normalized spacial score (nSPS) is 19.7. The number of hydrogen-bond donors (Lipinski definition) is 1. The van der Waals surface area contributed by atoms with Gasteiger partial charge in [-0.3, -0.25) is 0 Å². The highest BCUT2D eigenvalue weighted by Gasteiger charge is 2.22. The van der Waals surface area contributed by atoms with Crippen molar-refractivity contribution in [3.63, 3.8) is 0 Å². The van der Waals surface area contributed by atoms with E-state index in [0.717, 1.165) is 18.4 Å². The number of nitrogens with two attached hydrogens (primary N) is 1. The molecule has 98 valence electrons. The maximum Gasteiger partial charge on any atom is 0.410 e.